The molecule has 17 heavy (non-hydrogen) atoms. The van der Waals surface area contributed by atoms with E-state index >= 15 is 0 Å². The van der Waals surface area contributed by atoms with E-state index < -0.39 is 16.2 Å². The van der Waals surface area contributed by atoms with Gasteiger partial charge in [0, 0.05) is 6.54 Å². The maximum atomic E-state index is 12.0. The summed E-state index contributed by atoms with van der Waals surface area (Å²) in [7, 11) is -3.39. The number of ether oxygens (including phenoxy) is 1. The number of aliphatic imine (C=N–C) groups is 1. The van der Waals surface area contributed by atoms with Crippen LogP contribution in [0.4, 0.5) is 0 Å². The first-order valence-electron chi connectivity index (χ1n) is 5.65. The SMILES string of the molecule is CC(C)OCCS(=O)(=O)N1CCCC1N=C=O. The summed E-state index contributed by atoms with van der Waals surface area (Å²) in [5.74, 6) is -0.0734. The van der Waals surface area contributed by atoms with Crippen molar-refractivity contribution in [3.63, 3.8) is 0 Å². The van der Waals surface area contributed by atoms with Gasteiger partial charge in [0.05, 0.1) is 18.5 Å². The molecular formula is C10H18N2O4S. The van der Waals surface area contributed by atoms with E-state index in [9.17, 15) is 13.2 Å². The van der Waals surface area contributed by atoms with Crippen molar-refractivity contribution in [1.29, 1.82) is 0 Å². The van der Waals surface area contributed by atoms with E-state index in [-0.39, 0.29) is 18.5 Å². The van der Waals surface area contributed by atoms with Gasteiger partial charge in [-0.25, -0.2) is 13.2 Å². The molecule has 0 aliphatic carbocycles. The van der Waals surface area contributed by atoms with Crippen molar-refractivity contribution in [3.8, 4) is 0 Å². The van der Waals surface area contributed by atoms with Crippen LogP contribution < -0.4 is 0 Å². The van der Waals surface area contributed by atoms with Crippen LogP contribution in [0.3, 0.4) is 0 Å². The van der Waals surface area contributed by atoms with Gasteiger partial charge >= 0.3 is 0 Å². The quantitative estimate of drug-likeness (QED) is 0.516. The maximum Gasteiger partial charge on any atom is 0.236 e. The molecule has 0 aromatic carbocycles. The van der Waals surface area contributed by atoms with Gasteiger partial charge in [0.2, 0.25) is 16.1 Å². The molecule has 1 rings (SSSR count). The molecule has 1 aliphatic rings. The molecule has 0 saturated carbocycles. The first-order chi connectivity index (χ1) is 7.97. The van der Waals surface area contributed by atoms with Crippen molar-refractivity contribution in [2.24, 2.45) is 4.99 Å². The Hall–Kier alpha value is -0.750. The number of hydrogen-bond donors (Lipinski definition) is 0. The van der Waals surface area contributed by atoms with Crippen LogP contribution in [-0.2, 0) is 19.6 Å². The molecule has 7 heteroatoms. The minimum Gasteiger partial charge on any atom is -0.378 e. The summed E-state index contributed by atoms with van der Waals surface area (Å²) in [5.41, 5.74) is 0. The molecule has 0 spiro atoms. The van der Waals surface area contributed by atoms with E-state index in [1.54, 1.807) is 0 Å². The zero-order valence-electron chi connectivity index (χ0n) is 10.1. The number of rotatable bonds is 6. The zero-order chi connectivity index (χ0) is 12.9. The van der Waals surface area contributed by atoms with Crippen molar-refractivity contribution in [3.05, 3.63) is 0 Å². The van der Waals surface area contributed by atoms with E-state index in [2.05, 4.69) is 4.99 Å². The van der Waals surface area contributed by atoms with Gasteiger partial charge in [-0.15, -0.1) is 0 Å². The molecule has 1 saturated heterocycles. The first kappa shape index (κ1) is 14.3. The van der Waals surface area contributed by atoms with Crippen molar-refractivity contribution in [2.45, 2.75) is 39.0 Å². The summed E-state index contributed by atoms with van der Waals surface area (Å²) in [6.07, 6.45) is 2.16. The van der Waals surface area contributed by atoms with Gasteiger partial charge in [0.15, 0.2) is 0 Å². The number of hydrogen-bond acceptors (Lipinski definition) is 5. The highest BCUT2D eigenvalue weighted by atomic mass is 32.2. The second-order valence-corrected chi connectivity index (χ2v) is 6.23. The van der Waals surface area contributed by atoms with Crippen LogP contribution in [0.25, 0.3) is 0 Å². The third-order valence-electron chi connectivity index (χ3n) is 2.52. The van der Waals surface area contributed by atoms with E-state index in [0.717, 1.165) is 6.42 Å². The fourth-order valence-electron chi connectivity index (χ4n) is 1.74. The van der Waals surface area contributed by atoms with Gasteiger partial charge in [-0.1, -0.05) is 0 Å². The second kappa shape index (κ2) is 6.26. The number of sulfonamides is 1. The zero-order valence-corrected chi connectivity index (χ0v) is 10.9. The Kier molecular flexibility index (Phi) is 5.27. The molecule has 0 radical (unpaired) electrons. The lowest BCUT2D eigenvalue weighted by Crippen LogP contribution is -2.37. The van der Waals surface area contributed by atoms with Gasteiger partial charge in [-0.05, 0) is 26.7 Å². The van der Waals surface area contributed by atoms with Gasteiger partial charge in [-0.3, -0.25) is 0 Å². The molecule has 0 bridgehead atoms. The highest BCUT2D eigenvalue weighted by Crippen LogP contribution is 2.21. The summed E-state index contributed by atoms with van der Waals surface area (Å²) in [6, 6.07) is 0. The lowest BCUT2D eigenvalue weighted by molar-refractivity contribution is 0.0906. The van der Waals surface area contributed by atoms with E-state index in [1.807, 2.05) is 13.8 Å². The Morgan fingerprint density at radius 1 is 1.53 bits per heavy atom. The van der Waals surface area contributed by atoms with Crippen molar-refractivity contribution in [2.75, 3.05) is 18.9 Å². The van der Waals surface area contributed by atoms with Crippen LogP contribution >= 0.6 is 0 Å². The summed E-state index contributed by atoms with van der Waals surface area (Å²) in [4.78, 5) is 13.7. The Balaban J connectivity index is 2.60. The molecule has 1 heterocycles. The fraction of sp³-hybridized carbons (Fsp3) is 0.900. The van der Waals surface area contributed by atoms with Crippen molar-refractivity contribution < 1.29 is 17.9 Å². The second-order valence-electron chi connectivity index (χ2n) is 4.19. The van der Waals surface area contributed by atoms with Crippen LogP contribution in [-0.4, -0.2) is 50.0 Å². The maximum absolute atomic E-state index is 12.0. The number of carbonyl (C=O) groups excluding carboxylic acids is 1. The van der Waals surface area contributed by atoms with Crippen LogP contribution in [0.5, 0.6) is 0 Å². The van der Waals surface area contributed by atoms with Crippen LogP contribution in [0.15, 0.2) is 4.99 Å². The molecule has 1 atom stereocenters. The Bertz CT molecular complexity index is 387. The van der Waals surface area contributed by atoms with Gasteiger partial charge in [0.25, 0.3) is 0 Å². The molecule has 0 aromatic heterocycles. The molecule has 98 valence electrons. The highest BCUT2D eigenvalue weighted by Gasteiger charge is 2.33. The smallest absolute Gasteiger partial charge is 0.236 e. The van der Waals surface area contributed by atoms with Gasteiger partial charge in [-0.2, -0.15) is 9.30 Å². The summed E-state index contributed by atoms with van der Waals surface area (Å²) < 4.78 is 30.4. The highest BCUT2D eigenvalue weighted by molar-refractivity contribution is 7.89. The average molecular weight is 262 g/mol. The monoisotopic (exact) mass is 262 g/mol. The van der Waals surface area contributed by atoms with Gasteiger partial charge in [0.1, 0.15) is 6.17 Å². The minimum atomic E-state index is -3.39. The molecule has 1 aliphatic heterocycles. The molecule has 1 unspecified atom stereocenters. The summed E-state index contributed by atoms with van der Waals surface area (Å²) >= 11 is 0. The predicted octanol–water partition coefficient (Wildman–Crippen LogP) is 0.499. The molecule has 0 amide bonds. The normalized spacial score (nSPS) is 21.7. The van der Waals surface area contributed by atoms with Crippen molar-refractivity contribution >= 4 is 16.1 Å². The fourth-order valence-corrected chi connectivity index (χ4v) is 3.22. The van der Waals surface area contributed by atoms with Crippen LogP contribution in [0.2, 0.25) is 0 Å². The Morgan fingerprint density at radius 2 is 2.24 bits per heavy atom. The summed E-state index contributed by atoms with van der Waals surface area (Å²) in [5, 5.41) is 0. The largest absolute Gasteiger partial charge is 0.378 e. The molecule has 1 fully saturated rings. The lowest BCUT2D eigenvalue weighted by atomic mass is 10.3. The molecule has 6 nitrogen and oxygen atoms in total. The molecule has 0 N–H and O–H groups in total. The third-order valence-corrected chi connectivity index (χ3v) is 4.35. The Morgan fingerprint density at radius 3 is 2.82 bits per heavy atom. The van der Waals surface area contributed by atoms with E-state index in [0.29, 0.717) is 13.0 Å². The van der Waals surface area contributed by atoms with E-state index in [1.165, 1.54) is 10.4 Å². The van der Waals surface area contributed by atoms with Crippen LogP contribution in [0, 0.1) is 0 Å². The Labute approximate surface area is 102 Å². The predicted molar refractivity (Wildman–Crippen MR) is 62.7 cm³/mol. The lowest BCUT2D eigenvalue weighted by Gasteiger charge is -2.20. The topological polar surface area (TPSA) is 76.0 Å². The molecular weight excluding hydrogens is 244 g/mol. The first-order valence-corrected chi connectivity index (χ1v) is 7.26. The van der Waals surface area contributed by atoms with Crippen LogP contribution in [0.1, 0.15) is 26.7 Å². The third kappa shape index (κ3) is 4.20. The van der Waals surface area contributed by atoms with E-state index in [4.69, 9.17) is 4.74 Å². The standard InChI is InChI=1S/C10H18N2O4S/c1-9(2)16-6-7-17(14,15)12-5-3-4-10(12)11-8-13/h9-10H,3-7H2,1-2H3. The summed E-state index contributed by atoms with van der Waals surface area (Å²) in [6.45, 7) is 4.28. The van der Waals surface area contributed by atoms with Crippen molar-refractivity contribution in [1.82, 2.24) is 4.31 Å². The van der Waals surface area contributed by atoms with Gasteiger partial charge < -0.3 is 4.74 Å². The number of isocyanates is 1. The molecule has 0 aromatic rings. The number of nitrogens with zero attached hydrogens (tertiary/aromatic N) is 2. The average Bonchev–Trinajstić information content (AvgIpc) is 2.66. The minimum absolute atomic E-state index is 0.00701.